The largest absolute Gasteiger partial charge is 0.363 e. The van der Waals surface area contributed by atoms with E-state index in [2.05, 4.69) is 25.8 Å². The van der Waals surface area contributed by atoms with Gasteiger partial charge in [0.2, 0.25) is 10.1 Å². The van der Waals surface area contributed by atoms with Gasteiger partial charge in [0.1, 0.15) is 0 Å². The first-order valence-corrected chi connectivity index (χ1v) is 6.30. The number of amides is 1. The highest BCUT2D eigenvalue weighted by atomic mass is 32.1. The van der Waals surface area contributed by atoms with Gasteiger partial charge < -0.3 is 10.6 Å². The first-order valence-electron chi connectivity index (χ1n) is 5.49. The Kier molecular flexibility index (Phi) is 4.19. The number of hydrogen-bond acceptors (Lipinski definition) is 6. The normalized spacial score (nSPS) is 10.1. The molecule has 0 atom stereocenters. The Balaban J connectivity index is 1.81. The predicted octanol–water partition coefficient (Wildman–Crippen LogP) is 0.947. The van der Waals surface area contributed by atoms with Gasteiger partial charge in [-0.1, -0.05) is 17.4 Å². The van der Waals surface area contributed by atoms with Gasteiger partial charge in [0.05, 0.1) is 0 Å². The highest BCUT2D eigenvalue weighted by Gasteiger charge is 2.11. The molecule has 18 heavy (non-hydrogen) atoms. The molecule has 0 radical (unpaired) electrons. The van der Waals surface area contributed by atoms with E-state index in [-0.39, 0.29) is 5.91 Å². The summed E-state index contributed by atoms with van der Waals surface area (Å²) in [5.41, 5.74) is 0.950. The van der Waals surface area contributed by atoms with Crippen LogP contribution in [0, 0.1) is 0 Å². The lowest BCUT2D eigenvalue weighted by molar-refractivity contribution is 0.0953. The van der Waals surface area contributed by atoms with Gasteiger partial charge in [-0.3, -0.25) is 9.78 Å². The summed E-state index contributed by atoms with van der Waals surface area (Å²) >= 11 is 1.23. The summed E-state index contributed by atoms with van der Waals surface area (Å²) in [6.45, 7) is 0.532. The molecule has 6 nitrogen and oxygen atoms in total. The SMILES string of the molecule is CNc1nnc(C(=O)NCCc2ccccn2)s1. The topological polar surface area (TPSA) is 79.8 Å². The minimum atomic E-state index is -0.204. The molecule has 0 unspecified atom stereocenters. The van der Waals surface area contributed by atoms with Crippen molar-refractivity contribution in [3.05, 3.63) is 35.1 Å². The van der Waals surface area contributed by atoms with Crippen LogP contribution in [0.1, 0.15) is 15.5 Å². The second kappa shape index (κ2) is 6.06. The molecule has 2 heterocycles. The zero-order valence-electron chi connectivity index (χ0n) is 9.88. The van der Waals surface area contributed by atoms with Crippen molar-refractivity contribution >= 4 is 22.4 Å². The van der Waals surface area contributed by atoms with E-state index in [0.717, 1.165) is 5.69 Å². The molecule has 1 amide bonds. The van der Waals surface area contributed by atoms with E-state index in [1.807, 2.05) is 18.2 Å². The van der Waals surface area contributed by atoms with Crippen LogP contribution in [0.5, 0.6) is 0 Å². The molecular weight excluding hydrogens is 250 g/mol. The van der Waals surface area contributed by atoms with Crippen molar-refractivity contribution < 1.29 is 4.79 Å². The number of nitrogens with one attached hydrogen (secondary N) is 2. The zero-order valence-corrected chi connectivity index (χ0v) is 10.7. The molecule has 0 aliphatic carbocycles. The van der Waals surface area contributed by atoms with Crippen molar-refractivity contribution in [2.75, 3.05) is 18.9 Å². The van der Waals surface area contributed by atoms with Gasteiger partial charge >= 0.3 is 0 Å². The lowest BCUT2D eigenvalue weighted by Crippen LogP contribution is -2.25. The second-order valence-corrected chi connectivity index (χ2v) is 4.47. The van der Waals surface area contributed by atoms with Gasteiger partial charge in [-0.05, 0) is 12.1 Å². The average molecular weight is 263 g/mol. The molecular formula is C11H13N5OS. The third-order valence-corrected chi connectivity index (χ3v) is 3.17. The van der Waals surface area contributed by atoms with Gasteiger partial charge in [-0.25, -0.2) is 0 Å². The molecule has 0 aliphatic rings. The summed E-state index contributed by atoms with van der Waals surface area (Å²) in [5.74, 6) is -0.204. The highest BCUT2D eigenvalue weighted by molar-refractivity contribution is 7.17. The van der Waals surface area contributed by atoms with Gasteiger partial charge in [-0.2, -0.15) is 0 Å². The Labute approximate surface area is 108 Å². The number of aromatic nitrogens is 3. The summed E-state index contributed by atoms with van der Waals surface area (Å²) in [5, 5.41) is 14.2. The standard InChI is InChI=1S/C11H13N5OS/c1-12-11-16-15-10(18-11)9(17)14-7-5-8-4-2-3-6-13-8/h2-4,6H,5,7H2,1H3,(H,12,16)(H,14,17). The van der Waals surface area contributed by atoms with Crippen LogP contribution >= 0.6 is 11.3 Å². The van der Waals surface area contributed by atoms with Crippen LogP contribution < -0.4 is 10.6 Å². The average Bonchev–Trinajstić information content (AvgIpc) is 2.89. The van der Waals surface area contributed by atoms with Gasteiger partial charge in [0.25, 0.3) is 5.91 Å². The van der Waals surface area contributed by atoms with Crippen LogP contribution in [0.4, 0.5) is 5.13 Å². The van der Waals surface area contributed by atoms with Crippen molar-refractivity contribution in [2.24, 2.45) is 0 Å². The fourth-order valence-corrected chi connectivity index (χ4v) is 1.96. The molecule has 0 saturated carbocycles. The molecule has 0 aromatic carbocycles. The summed E-state index contributed by atoms with van der Waals surface area (Å²) in [6.07, 6.45) is 2.44. The maximum atomic E-state index is 11.7. The molecule has 2 rings (SSSR count). The Morgan fingerprint density at radius 2 is 2.28 bits per heavy atom. The quantitative estimate of drug-likeness (QED) is 0.839. The van der Waals surface area contributed by atoms with Crippen molar-refractivity contribution in [1.29, 1.82) is 0 Å². The van der Waals surface area contributed by atoms with Crippen molar-refractivity contribution in [2.45, 2.75) is 6.42 Å². The monoisotopic (exact) mass is 263 g/mol. The number of carbonyl (C=O) groups is 1. The third-order valence-electron chi connectivity index (χ3n) is 2.23. The minimum Gasteiger partial charge on any atom is -0.363 e. The number of rotatable bonds is 5. The second-order valence-electron chi connectivity index (χ2n) is 3.49. The first-order chi connectivity index (χ1) is 8.79. The van der Waals surface area contributed by atoms with Crippen molar-refractivity contribution in [1.82, 2.24) is 20.5 Å². The Hall–Kier alpha value is -2.02. The Morgan fingerprint density at radius 1 is 1.39 bits per heavy atom. The molecule has 2 aromatic heterocycles. The van der Waals surface area contributed by atoms with Crippen molar-refractivity contribution in [3.8, 4) is 0 Å². The maximum absolute atomic E-state index is 11.7. The molecule has 0 saturated heterocycles. The summed E-state index contributed by atoms with van der Waals surface area (Å²) in [4.78, 5) is 15.9. The number of hydrogen-bond donors (Lipinski definition) is 2. The molecule has 2 N–H and O–H groups in total. The fraction of sp³-hybridized carbons (Fsp3) is 0.273. The first kappa shape index (κ1) is 12.4. The van der Waals surface area contributed by atoms with Crippen molar-refractivity contribution in [3.63, 3.8) is 0 Å². The third kappa shape index (κ3) is 3.24. The number of carbonyl (C=O) groups excluding carboxylic acids is 1. The van der Waals surface area contributed by atoms with Crippen LogP contribution in [-0.2, 0) is 6.42 Å². The van der Waals surface area contributed by atoms with E-state index in [4.69, 9.17) is 0 Å². The van der Waals surface area contributed by atoms with Crippen LogP contribution in [0.3, 0.4) is 0 Å². The lowest BCUT2D eigenvalue weighted by Gasteiger charge is -2.01. The van der Waals surface area contributed by atoms with E-state index in [9.17, 15) is 4.79 Å². The summed E-state index contributed by atoms with van der Waals surface area (Å²) in [7, 11) is 1.74. The molecule has 0 spiro atoms. The highest BCUT2D eigenvalue weighted by Crippen LogP contribution is 2.13. The minimum absolute atomic E-state index is 0.204. The summed E-state index contributed by atoms with van der Waals surface area (Å²) < 4.78 is 0. The van der Waals surface area contributed by atoms with Crippen LogP contribution in [0.25, 0.3) is 0 Å². The van der Waals surface area contributed by atoms with E-state index in [1.165, 1.54) is 11.3 Å². The zero-order chi connectivity index (χ0) is 12.8. The predicted molar refractivity (Wildman–Crippen MR) is 69.7 cm³/mol. The van der Waals surface area contributed by atoms with E-state index in [0.29, 0.717) is 23.1 Å². The smallest absolute Gasteiger partial charge is 0.282 e. The van der Waals surface area contributed by atoms with E-state index in [1.54, 1.807) is 13.2 Å². The number of pyridine rings is 1. The Morgan fingerprint density at radius 3 is 2.94 bits per heavy atom. The van der Waals surface area contributed by atoms with Crippen LogP contribution in [0.2, 0.25) is 0 Å². The molecule has 0 bridgehead atoms. The Bertz CT molecular complexity index is 513. The summed E-state index contributed by atoms with van der Waals surface area (Å²) in [6, 6.07) is 5.72. The maximum Gasteiger partial charge on any atom is 0.282 e. The molecule has 7 heteroatoms. The fourth-order valence-electron chi connectivity index (χ4n) is 1.34. The molecule has 94 valence electrons. The molecule has 2 aromatic rings. The van der Waals surface area contributed by atoms with E-state index < -0.39 is 0 Å². The van der Waals surface area contributed by atoms with Crippen LogP contribution in [-0.4, -0.2) is 34.7 Å². The van der Waals surface area contributed by atoms with Crippen LogP contribution in [0.15, 0.2) is 24.4 Å². The van der Waals surface area contributed by atoms with E-state index >= 15 is 0 Å². The van der Waals surface area contributed by atoms with Gasteiger partial charge in [-0.15, -0.1) is 10.2 Å². The number of anilines is 1. The van der Waals surface area contributed by atoms with Gasteiger partial charge in [0, 0.05) is 31.9 Å². The molecule has 0 aliphatic heterocycles. The van der Waals surface area contributed by atoms with Gasteiger partial charge in [0.15, 0.2) is 0 Å². The molecule has 0 fully saturated rings. The number of nitrogens with zero attached hydrogens (tertiary/aromatic N) is 3. The lowest BCUT2D eigenvalue weighted by atomic mass is 10.3.